The zero-order valence-corrected chi connectivity index (χ0v) is 14.0. The fourth-order valence-electron chi connectivity index (χ4n) is 1.70. The number of nitrogens with one attached hydrogen (secondary N) is 1. The van der Waals surface area contributed by atoms with Gasteiger partial charge in [0.25, 0.3) is 5.91 Å². The number of carbonyl (C=O) groups is 1. The van der Waals surface area contributed by atoms with Crippen LogP contribution in [0.15, 0.2) is 39.3 Å². The molecule has 0 fully saturated rings. The number of halogens is 3. The van der Waals surface area contributed by atoms with Crippen LogP contribution in [0.4, 0.5) is 10.1 Å². The van der Waals surface area contributed by atoms with Crippen molar-refractivity contribution in [3.05, 3.63) is 50.7 Å². The minimum absolute atomic E-state index is 0.391. The normalized spacial score (nSPS) is 10.3. The van der Waals surface area contributed by atoms with E-state index in [0.717, 1.165) is 6.07 Å². The van der Waals surface area contributed by atoms with Crippen molar-refractivity contribution in [1.82, 2.24) is 0 Å². The number of phenolic OH excluding ortho intramolecular Hbond substituents is 1. The molecule has 2 N–H and O–H groups in total. The van der Waals surface area contributed by atoms with Gasteiger partial charge in [0.2, 0.25) is 0 Å². The van der Waals surface area contributed by atoms with Crippen LogP contribution in [0.3, 0.4) is 0 Å². The lowest BCUT2D eigenvalue weighted by Gasteiger charge is -2.12. The number of rotatable bonds is 3. The Labute approximate surface area is 137 Å². The largest absolute Gasteiger partial charge is 0.507 e. The molecule has 0 bridgehead atoms. The van der Waals surface area contributed by atoms with Crippen LogP contribution in [0.2, 0.25) is 0 Å². The summed E-state index contributed by atoms with van der Waals surface area (Å²) < 4.78 is 20.1. The van der Waals surface area contributed by atoms with Crippen molar-refractivity contribution in [3.8, 4) is 11.5 Å². The van der Waals surface area contributed by atoms with E-state index in [0.29, 0.717) is 20.4 Å². The lowest BCUT2D eigenvalue weighted by atomic mass is 10.1. The summed E-state index contributed by atoms with van der Waals surface area (Å²) in [6, 6.07) is 6.93. The van der Waals surface area contributed by atoms with Gasteiger partial charge in [-0.3, -0.25) is 4.79 Å². The number of hydrogen-bond donors (Lipinski definition) is 2. The quantitative estimate of drug-likeness (QED) is 0.780. The van der Waals surface area contributed by atoms with Gasteiger partial charge >= 0.3 is 0 Å². The average Bonchev–Trinajstić information content (AvgIpc) is 2.41. The van der Waals surface area contributed by atoms with Gasteiger partial charge in [0.1, 0.15) is 22.9 Å². The van der Waals surface area contributed by atoms with Gasteiger partial charge in [-0.05, 0) is 50.1 Å². The number of anilines is 1. The minimum atomic E-state index is -0.798. The third-order valence-corrected chi connectivity index (χ3v) is 3.98. The Bertz CT molecular complexity index is 687. The van der Waals surface area contributed by atoms with E-state index in [9.17, 15) is 14.3 Å². The maximum atomic E-state index is 13.6. The molecule has 0 aliphatic carbocycles. The second-order valence-corrected chi connectivity index (χ2v) is 5.76. The number of methoxy groups -OCH3 is 1. The van der Waals surface area contributed by atoms with Crippen molar-refractivity contribution in [2.75, 3.05) is 12.4 Å². The Morgan fingerprint density at radius 3 is 2.62 bits per heavy atom. The van der Waals surface area contributed by atoms with E-state index in [-0.39, 0.29) is 0 Å². The van der Waals surface area contributed by atoms with Crippen molar-refractivity contribution < 1.29 is 19.0 Å². The third kappa shape index (κ3) is 3.36. The summed E-state index contributed by atoms with van der Waals surface area (Å²) in [6.45, 7) is 0. The monoisotopic (exact) mass is 417 g/mol. The van der Waals surface area contributed by atoms with E-state index >= 15 is 0 Å². The van der Waals surface area contributed by atoms with Crippen LogP contribution in [0.25, 0.3) is 0 Å². The minimum Gasteiger partial charge on any atom is -0.507 e. The molecule has 2 aromatic rings. The number of phenols is 1. The standard InChI is InChI=1S/C14H10Br2FNO3/c1-21-12-6-10(7(15)5-8(12)16)18-14(20)13-9(17)3-2-4-11(13)19/h2-6,19H,1H3,(H,18,20). The first-order valence-corrected chi connectivity index (χ1v) is 7.34. The number of hydrogen-bond acceptors (Lipinski definition) is 3. The summed E-state index contributed by atoms with van der Waals surface area (Å²) in [5, 5.41) is 12.1. The van der Waals surface area contributed by atoms with Crippen molar-refractivity contribution in [2.45, 2.75) is 0 Å². The molecule has 0 radical (unpaired) electrons. The highest BCUT2D eigenvalue weighted by Crippen LogP contribution is 2.35. The smallest absolute Gasteiger partial charge is 0.262 e. The Hall–Kier alpha value is -1.60. The summed E-state index contributed by atoms with van der Waals surface area (Å²) in [5.41, 5.74) is -0.0195. The molecule has 0 aliphatic rings. The lowest BCUT2D eigenvalue weighted by molar-refractivity contribution is 0.102. The van der Waals surface area contributed by atoms with E-state index in [1.165, 1.54) is 19.2 Å². The Morgan fingerprint density at radius 1 is 1.29 bits per heavy atom. The molecule has 1 amide bonds. The lowest BCUT2D eigenvalue weighted by Crippen LogP contribution is -2.14. The van der Waals surface area contributed by atoms with Crippen molar-refractivity contribution in [2.24, 2.45) is 0 Å². The molecule has 2 rings (SSSR count). The summed E-state index contributed by atoms with van der Waals surface area (Å²) >= 11 is 6.60. The molecule has 7 heteroatoms. The summed E-state index contributed by atoms with van der Waals surface area (Å²) in [4.78, 5) is 12.1. The fourth-order valence-corrected chi connectivity index (χ4v) is 2.96. The first-order valence-electron chi connectivity index (χ1n) is 5.76. The number of benzene rings is 2. The van der Waals surface area contributed by atoms with Crippen LogP contribution >= 0.6 is 31.9 Å². The number of amides is 1. The van der Waals surface area contributed by atoms with E-state index in [4.69, 9.17) is 4.74 Å². The van der Waals surface area contributed by atoms with Crippen LogP contribution < -0.4 is 10.1 Å². The van der Waals surface area contributed by atoms with Crippen LogP contribution in [-0.2, 0) is 0 Å². The number of carbonyl (C=O) groups excluding carboxylic acids is 1. The molecule has 0 aromatic heterocycles. The van der Waals surface area contributed by atoms with Gasteiger partial charge in [-0.15, -0.1) is 0 Å². The van der Waals surface area contributed by atoms with Gasteiger partial charge in [-0.1, -0.05) is 6.07 Å². The van der Waals surface area contributed by atoms with Gasteiger partial charge < -0.3 is 15.2 Å². The highest BCUT2D eigenvalue weighted by atomic mass is 79.9. The molecule has 4 nitrogen and oxygen atoms in total. The Morgan fingerprint density at radius 2 is 2.00 bits per heavy atom. The summed E-state index contributed by atoms with van der Waals surface area (Å²) in [7, 11) is 1.49. The third-order valence-electron chi connectivity index (χ3n) is 2.71. The van der Waals surface area contributed by atoms with Gasteiger partial charge in [0.05, 0.1) is 17.3 Å². The van der Waals surface area contributed by atoms with Gasteiger partial charge in [-0.2, -0.15) is 0 Å². The number of ether oxygens (including phenoxy) is 1. The molecular formula is C14H10Br2FNO3. The van der Waals surface area contributed by atoms with Crippen LogP contribution in [0.1, 0.15) is 10.4 Å². The van der Waals surface area contributed by atoms with Crippen LogP contribution in [-0.4, -0.2) is 18.1 Å². The van der Waals surface area contributed by atoms with E-state index < -0.39 is 23.0 Å². The zero-order valence-electron chi connectivity index (χ0n) is 10.8. The molecular weight excluding hydrogens is 409 g/mol. The second-order valence-electron chi connectivity index (χ2n) is 4.05. The molecule has 21 heavy (non-hydrogen) atoms. The summed E-state index contributed by atoms with van der Waals surface area (Å²) in [5.74, 6) is -1.47. The van der Waals surface area contributed by atoms with E-state index in [1.54, 1.807) is 12.1 Å². The highest BCUT2D eigenvalue weighted by molar-refractivity contribution is 9.11. The van der Waals surface area contributed by atoms with Crippen molar-refractivity contribution >= 4 is 43.5 Å². The fraction of sp³-hybridized carbons (Fsp3) is 0.0714. The molecule has 2 aromatic carbocycles. The first-order chi connectivity index (χ1) is 9.93. The molecule has 110 valence electrons. The molecule has 0 unspecified atom stereocenters. The maximum Gasteiger partial charge on any atom is 0.262 e. The topological polar surface area (TPSA) is 58.6 Å². The molecule has 0 heterocycles. The zero-order chi connectivity index (χ0) is 15.6. The molecule has 0 saturated carbocycles. The number of aromatic hydroxyl groups is 1. The van der Waals surface area contributed by atoms with Gasteiger partial charge in [-0.25, -0.2) is 4.39 Å². The highest BCUT2D eigenvalue weighted by Gasteiger charge is 2.18. The van der Waals surface area contributed by atoms with E-state index in [2.05, 4.69) is 37.2 Å². The van der Waals surface area contributed by atoms with E-state index in [1.807, 2.05) is 0 Å². The molecule has 0 saturated heterocycles. The second kappa shape index (κ2) is 6.44. The maximum absolute atomic E-state index is 13.6. The van der Waals surface area contributed by atoms with Gasteiger partial charge in [0.15, 0.2) is 0 Å². The predicted octanol–water partition coefficient (Wildman–Crippen LogP) is 4.32. The molecule has 0 aliphatic heterocycles. The summed E-state index contributed by atoms with van der Waals surface area (Å²) in [6.07, 6.45) is 0. The Kier molecular flexibility index (Phi) is 4.84. The van der Waals surface area contributed by atoms with Crippen molar-refractivity contribution in [3.63, 3.8) is 0 Å². The van der Waals surface area contributed by atoms with Crippen molar-refractivity contribution in [1.29, 1.82) is 0 Å². The SMILES string of the molecule is COc1cc(NC(=O)c2c(O)cccc2F)c(Br)cc1Br. The molecule has 0 spiro atoms. The molecule has 0 atom stereocenters. The average molecular weight is 419 g/mol. The first kappa shape index (κ1) is 15.8. The van der Waals surface area contributed by atoms with Crippen LogP contribution in [0.5, 0.6) is 11.5 Å². The Balaban J connectivity index is 2.36. The van der Waals surface area contributed by atoms with Crippen LogP contribution in [0, 0.1) is 5.82 Å². The predicted molar refractivity (Wildman–Crippen MR) is 84.4 cm³/mol. The van der Waals surface area contributed by atoms with Gasteiger partial charge in [0, 0.05) is 10.5 Å².